The van der Waals surface area contributed by atoms with Gasteiger partial charge in [0.25, 0.3) is 0 Å². The molecule has 96 valence electrons. The molecule has 3 nitrogen and oxygen atoms in total. The van der Waals surface area contributed by atoms with E-state index in [0.717, 1.165) is 26.2 Å². The molecule has 0 aliphatic rings. The van der Waals surface area contributed by atoms with Gasteiger partial charge in [0.1, 0.15) is 0 Å². The highest BCUT2D eigenvalue weighted by Gasteiger charge is 2.15. The molecule has 0 bridgehead atoms. The highest BCUT2D eigenvalue weighted by Crippen LogP contribution is 2.06. The Morgan fingerprint density at radius 3 is 2.62 bits per heavy atom. The molecule has 0 aromatic rings. The van der Waals surface area contributed by atoms with Crippen molar-refractivity contribution in [3.63, 3.8) is 0 Å². The Bertz CT molecular complexity index is 162. The third-order valence-electron chi connectivity index (χ3n) is 2.70. The number of rotatable bonds is 11. The fourth-order valence-corrected chi connectivity index (χ4v) is 1.91. The van der Waals surface area contributed by atoms with Gasteiger partial charge in [0, 0.05) is 25.7 Å². The monoisotopic (exact) mass is 228 g/mol. The molecule has 0 spiro atoms. The minimum absolute atomic E-state index is 0.224. The van der Waals surface area contributed by atoms with Crippen LogP contribution in [0.25, 0.3) is 0 Å². The van der Waals surface area contributed by atoms with Gasteiger partial charge in [-0.15, -0.1) is 6.58 Å². The molecule has 1 atom stereocenters. The molecule has 0 amide bonds. The third-order valence-corrected chi connectivity index (χ3v) is 2.70. The minimum Gasteiger partial charge on any atom is -0.395 e. The van der Waals surface area contributed by atoms with E-state index in [2.05, 4.69) is 30.6 Å². The van der Waals surface area contributed by atoms with Crippen LogP contribution in [-0.4, -0.2) is 48.8 Å². The molecule has 0 radical (unpaired) electrons. The molecule has 0 aromatic heterocycles. The van der Waals surface area contributed by atoms with Crippen molar-refractivity contribution in [1.82, 2.24) is 10.2 Å². The van der Waals surface area contributed by atoms with Crippen LogP contribution in [0.4, 0.5) is 0 Å². The fraction of sp³-hybridized carbons (Fsp3) is 0.846. The van der Waals surface area contributed by atoms with Crippen molar-refractivity contribution in [1.29, 1.82) is 0 Å². The number of aliphatic hydroxyl groups excluding tert-OH is 1. The summed E-state index contributed by atoms with van der Waals surface area (Å²) in [6.45, 7) is 12.1. The minimum atomic E-state index is 0.224. The van der Waals surface area contributed by atoms with Gasteiger partial charge < -0.3 is 10.4 Å². The lowest BCUT2D eigenvalue weighted by molar-refractivity contribution is 0.155. The standard InChI is InChI=1S/C13H28N2O/c1-4-7-13(12-14-8-5-2)15(9-6-3)10-11-16/h6,13-14,16H,3-5,7-12H2,1-2H3. The summed E-state index contributed by atoms with van der Waals surface area (Å²) in [6.07, 6.45) is 5.43. The van der Waals surface area contributed by atoms with Crippen molar-refractivity contribution >= 4 is 0 Å². The van der Waals surface area contributed by atoms with Crippen molar-refractivity contribution in [3.05, 3.63) is 12.7 Å². The van der Waals surface area contributed by atoms with Gasteiger partial charge in [-0.2, -0.15) is 0 Å². The largest absolute Gasteiger partial charge is 0.395 e. The third kappa shape index (κ3) is 6.99. The molecule has 2 N–H and O–H groups in total. The highest BCUT2D eigenvalue weighted by atomic mass is 16.3. The maximum atomic E-state index is 9.06. The first-order valence-corrected chi connectivity index (χ1v) is 6.46. The molecule has 0 fully saturated rings. The van der Waals surface area contributed by atoms with Crippen LogP contribution in [0.15, 0.2) is 12.7 Å². The van der Waals surface area contributed by atoms with E-state index >= 15 is 0 Å². The molecule has 0 aromatic carbocycles. The van der Waals surface area contributed by atoms with Gasteiger partial charge in [-0.1, -0.05) is 26.3 Å². The molecule has 3 heteroatoms. The SMILES string of the molecule is C=CCN(CCO)C(CCC)CNCCC. The lowest BCUT2D eigenvalue weighted by atomic mass is 10.1. The highest BCUT2D eigenvalue weighted by molar-refractivity contribution is 4.80. The second-order valence-corrected chi connectivity index (χ2v) is 4.15. The number of nitrogens with one attached hydrogen (secondary N) is 1. The van der Waals surface area contributed by atoms with E-state index in [1.165, 1.54) is 19.3 Å². The maximum absolute atomic E-state index is 9.06. The summed E-state index contributed by atoms with van der Waals surface area (Å²) >= 11 is 0. The van der Waals surface area contributed by atoms with Crippen molar-refractivity contribution < 1.29 is 5.11 Å². The molecular formula is C13H28N2O. The Morgan fingerprint density at radius 2 is 2.12 bits per heavy atom. The first kappa shape index (κ1) is 15.6. The van der Waals surface area contributed by atoms with E-state index in [4.69, 9.17) is 5.11 Å². The topological polar surface area (TPSA) is 35.5 Å². The van der Waals surface area contributed by atoms with Crippen molar-refractivity contribution in [2.24, 2.45) is 0 Å². The van der Waals surface area contributed by atoms with Gasteiger partial charge in [0.05, 0.1) is 6.61 Å². The second kappa shape index (κ2) is 11.1. The van der Waals surface area contributed by atoms with E-state index < -0.39 is 0 Å². The molecule has 0 saturated carbocycles. The Morgan fingerprint density at radius 1 is 1.38 bits per heavy atom. The van der Waals surface area contributed by atoms with Gasteiger partial charge in [0.2, 0.25) is 0 Å². The average Bonchev–Trinajstić information content (AvgIpc) is 2.28. The molecule has 0 aliphatic carbocycles. The zero-order valence-corrected chi connectivity index (χ0v) is 10.9. The van der Waals surface area contributed by atoms with E-state index in [-0.39, 0.29) is 6.61 Å². The number of hydrogen-bond acceptors (Lipinski definition) is 3. The zero-order chi connectivity index (χ0) is 12.2. The van der Waals surface area contributed by atoms with Crippen LogP contribution in [0, 0.1) is 0 Å². The average molecular weight is 228 g/mol. The van der Waals surface area contributed by atoms with E-state index in [1.54, 1.807) is 0 Å². The van der Waals surface area contributed by atoms with Crippen molar-refractivity contribution in [2.75, 3.05) is 32.8 Å². The Hall–Kier alpha value is -0.380. The molecule has 16 heavy (non-hydrogen) atoms. The Balaban J connectivity index is 4.13. The summed E-state index contributed by atoms with van der Waals surface area (Å²) in [6, 6.07) is 0.515. The molecule has 0 saturated heterocycles. The summed E-state index contributed by atoms with van der Waals surface area (Å²) in [5.74, 6) is 0. The van der Waals surface area contributed by atoms with Gasteiger partial charge in [-0.05, 0) is 19.4 Å². The van der Waals surface area contributed by atoms with Crippen LogP contribution in [0.3, 0.4) is 0 Å². The smallest absolute Gasteiger partial charge is 0.0558 e. The number of aliphatic hydroxyl groups is 1. The molecule has 1 unspecified atom stereocenters. The Labute approximate surface area is 101 Å². The van der Waals surface area contributed by atoms with Crippen LogP contribution in [0.5, 0.6) is 0 Å². The molecule has 0 rings (SSSR count). The summed E-state index contributed by atoms with van der Waals surface area (Å²) in [5.41, 5.74) is 0. The first-order chi connectivity index (χ1) is 7.79. The molecular weight excluding hydrogens is 200 g/mol. The van der Waals surface area contributed by atoms with Gasteiger partial charge in [-0.25, -0.2) is 0 Å². The van der Waals surface area contributed by atoms with Gasteiger partial charge in [-0.3, -0.25) is 4.90 Å². The number of hydrogen-bond donors (Lipinski definition) is 2. The van der Waals surface area contributed by atoms with Crippen LogP contribution >= 0.6 is 0 Å². The lowest BCUT2D eigenvalue weighted by Crippen LogP contribution is -2.44. The van der Waals surface area contributed by atoms with Crippen LogP contribution in [-0.2, 0) is 0 Å². The van der Waals surface area contributed by atoms with Gasteiger partial charge in [0.15, 0.2) is 0 Å². The second-order valence-electron chi connectivity index (χ2n) is 4.15. The first-order valence-electron chi connectivity index (χ1n) is 6.46. The van der Waals surface area contributed by atoms with Crippen molar-refractivity contribution in [2.45, 2.75) is 39.2 Å². The summed E-state index contributed by atoms with van der Waals surface area (Å²) < 4.78 is 0. The van der Waals surface area contributed by atoms with E-state index in [1.807, 2.05) is 6.08 Å². The van der Waals surface area contributed by atoms with Crippen LogP contribution in [0.2, 0.25) is 0 Å². The lowest BCUT2D eigenvalue weighted by Gasteiger charge is -2.30. The maximum Gasteiger partial charge on any atom is 0.0558 e. The van der Waals surface area contributed by atoms with E-state index in [9.17, 15) is 0 Å². The predicted molar refractivity (Wildman–Crippen MR) is 70.7 cm³/mol. The van der Waals surface area contributed by atoms with Crippen LogP contribution < -0.4 is 5.32 Å². The van der Waals surface area contributed by atoms with Crippen molar-refractivity contribution in [3.8, 4) is 0 Å². The summed E-state index contributed by atoms with van der Waals surface area (Å²) in [4.78, 5) is 2.30. The normalized spacial score (nSPS) is 13.0. The van der Waals surface area contributed by atoms with E-state index in [0.29, 0.717) is 6.04 Å². The fourth-order valence-electron chi connectivity index (χ4n) is 1.91. The van der Waals surface area contributed by atoms with Gasteiger partial charge >= 0.3 is 0 Å². The quantitative estimate of drug-likeness (QED) is 0.417. The van der Waals surface area contributed by atoms with Crippen LogP contribution in [0.1, 0.15) is 33.1 Å². The predicted octanol–water partition coefficient (Wildman–Crippen LogP) is 1.63. The molecule has 0 aliphatic heterocycles. The molecule has 0 heterocycles. The Kier molecular flexibility index (Phi) is 10.9. The zero-order valence-electron chi connectivity index (χ0n) is 10.9. The summed E-state index contributed by atoms with van der Waals surface area (Å²) in [5, 5.41) is 12.5. The number of nitrogens with zero attached hydrogens (tertiary/aromatic N) is 1. The summed E-state index contributed by atoms with van der Waals surface area (Å²) in [7, 11) is 0.